The second-order valence-electron chi connectivity index (χ2n) is 6.43. The van der Waals surface area contributed by atoms with Crippen LogP contribution in [0.4, 0.5) is 0 Å². The lowest BCUT2D eigenvalue weighted by molar-refractivity contribution is -0.153. The third-order valence-electron chi connectivity index (χ3n) is 5.01. The summed E-state index contributed by atoms with van der Waals surface area (Å²) in [6.45, 7) is -0.100. The summed E-state index contributed by atoms with van der Waals surface area (Å²) < 4.78 is 10.5. The molecule has 0 aromatic heterocycles. The predicted molar refractivity (Wildman–Crippen MR) is 90.0 cm³/mol. The number of nitrogens with zero attached hydrogens (tertiary/aromatic N) is 1. The molecule has 6 heteroatoms. The number of hydrogen-bond acceptors (Lipinski definition) is 4. The van der Waals surface area contributed by atoms with Crippen LogP contribution in [0.5, 0.6) is 5.75 Å². The van der Waals surface area contributed by atoms with E-state index in [0.29, 0.717) is 23.1 Å². The van der Waals surface area contributed by atoms with Crippen molar-refractivity contribution in [3.8, 4) is 5.75 Å². The Morgan fingerprint density at radius 2 is 2.08 bits per heavy atom. The predicted octanol–water partition coefficient (Wildman–Crippen LogP) is 3.05. The van der Waals surface area contributed by atoms with Crippen molar-refractivity contribution in [2.24, 2.45) is 5.92 Å². The van der Waals surface area contributed by atoms with Gasteiger partial charge >= 0.3 is 5.97 Å². The molecule has 1 aliphatic carbocycles. The Bertz CT molecular complexity index is 621. The molecular formula is C18H22ClNO4. The fourth-order valence-electron chi connectivity index (χ4n) is 3.94. The van der Waals surface area contributed by atoms with Crippen molar-refractivity contribution in [3.05, 3.63) is 29.3 Å². The van der Waals surface area contributed by atoms with Gasteiger partial charge in [-0.3, -0.25) is 4.79 Å². The molecule has 1 aromatic rings. The highest BCUT2D eigenvalue weighted by molar-refractivity contribution is 6.30. The van der Waals surface area contributed by atoms with E-state index < -0.39 is 6.04 Å². The molecule has 0 radical (unpaired) electrons. The maximum atomic E-state index is 12.7. The van der Waals surface area contributed by atoms with E-state index >= 15 is 0 Å². The number of halogens is 1. The van der Waals surface area contributed by atoms with Crippen LogP contribution in [-0.2, 0) is 14.3 Å². The molecule has 1 aromatic carbocycles. The molecule has 1 aliphatic heterocycles. The van der Waals surface area contributed by atoms with Crippen LogP contribution in [0.3, 0.4) is 0 Å². The Morgan fingerprint density at radius 1 is 1.29 bits per heavy atom. The van der Waals surface area contributed by atoms with Gasteiger partial charge < -0.3 is 14.4 Å². The van der Waals surface area contributed by atoms with Crippen molar-refractivity contribution in [1.82, 2.24) is 4.90 Å². The Labute approximate surface area is 146 Å². The second-order valence-corrected chi connectivity index (χ2v) is 6.87. The number of carbonyl (C=O) groups is 2. The highest BCUT2D eigenvalue weighted by atomic mass is 35.5. The Hall–Kier alpha value is -1.75. The monoisotopic (exact) mass is 351 g/mol. The normalized spacial score (nSPS) is 25.9. The molecule has 3 unspecified atom stereocenters. The third kappa shape index (κ3) is 3.51. The maximum Gasteiger partial charge on any atom is 0.328 e. The van der Waals surface area contributed by atoms with Crippen LogP contribution in [0.1, 0.15) is 32.1 Å². The van der Waals surface area contributed by atoms with E-state index in [1.807, 2.05) is 0 Å². The molecule has 2 fully saturated rings. The Kier molecular flexibility index (Phi) is 5.29. The molecule has 1 heterocycles. The van der Waals surface area contributed by atoms with Gasteiger partial charge in [0.1, 0.15) is 11.8 Å². The number of ether oxygens (including phenoxy) is 2. The van der Waals surface area contributed by atoms with Crippen LogP contribution >= 0.6 is 11.6 Å². The maximum absolute atomic E-state index is 12.7. The Morgan fingerprint density at radius 3 is 2.83 bits per heavy atom. The number of carbonyl (C=O) groups excluding carboxylic acids is 2. The first-order chi connectivity index (χ1) is 11.6. The number of fused-ring (bicyclic) bond motifs is 1. The zero-order valence-electron chi connectivity index (χ0n) is 13.7. The van der Waals surface area contributed by atoms with E-state index in [-0.39, 0.29) is 24.5 Å². The van der Waals surface area contributed by atoms with Crippen LogP contribution in [-0.4, -0.2) is 42.6 Å². The minimum atomic E-state index is -0.487. The molecule has 1 amide bonds. The summed E-state index contributed by atoms with van der Waals surface area (Å²) in [5, 5.41) is 0.556. The zero-order valence-corrected chi connectivity index (χ0v) is 14.5. The largest absolute Gasteiger partial charge is 0.484 e. The van der Waals surface area contributed by atoms with E-state index in [1.165, 1.54) is 7.11 Å². The smallest absolute Gasteiger partial charge is 0.328 e. The van der Waals surface area contributed by atoms with Crippen molar-refractivity contribution >= 4 is 23.5 Å². The lowest BCUT2D eigenvalue weighted by Gasteiger charge is -2.33. The standard InChI is InChI=1S/C18H22ClNO4/c1-23-18(22)16-9-12-5-2-3-8-15(12)20(16)17(21)11-24-14-7-4-6-13(19)10-14/h4,6-7,10,12,15-16H,2-3,5,8-9,11H2,1H3. The van der Waals surface area contributed by atoms with Gasteiger partial charge in [-0.05, 0) is 43.4 Å². The van der Waals surface area contributed by atoms with Gasteiger partial charge in [-0.2, -0.15) is 0 Å². The van der Waals surface area contributed by atoms with Gasteiger partial charge in [0, 0.05) is 11.1 Å². The van der Waals surface area contributed by atoms with Gasteiger partial charge in [-0.25, -0.2) is 4.79 Å². The number of rotatable bonds is 4. The molecule has 5 nitrogen and oxygen atoms in total. The van der Waals surface area contributed by atoms with Crippen molar-refractivity contribution in [2.75, 3.05) is 13.7 Å². The summed E-state index contributed by atoms with van der Waals surface area (Å²) in [6.07, 6.45) is 4.96. The van der Waals surface area contributed by atoms with Gasteiger partial charge in [-0.15, -0.1) is 0 Å². The van der Waals surface area contributed by atoms with Crippen LogP contribution in [0.25, 0.3) is 0 Å². The second kappa shape index (κ2) is 7.43. The summed E-state index contributed by atoms with van der Waals surface area (Å²) >= 11 is 5.93. The van der Waals surface area contributed by atoms with Gasteiger partial charge in [0.25, 0.3) is 5.91 Å². The molecular weight excluding hydrogens is 330 g/mol. The van der Waals surface area contributed by atoms with Gasteiger partial charge in [0.15, 0.2) is 6.61 Å². The number of likely N-dealkylation sites (tertiary alicyclic amines) is 1. The summed E-state index contributed by atoms with van der Waals surface area (Å²) in [4.78, 5) is 26.6. The SMILES string of the molecule is COC(=O)C1CC2CCCCC2N1C(=O)COc1cccc(Cl)c1. The van der Waals surface area contributed by atoms with E-state index in [9.17, 15) is 9.59 Å². The first kappa shape index (κ1) is 17.1. The van der Waals surface area contributed by atoms with E-state index in [2.05, 4.69) is 0 Å². The van der Waals surface area contributed by atoms with E-state index in [4.69, 9.17) is 21.1 Å². The van der Waals surface area contributed by atoms with Crippen molar-refractivity contribution < 1.29 is 19.1 Å². The van der Waals surface area contributed by atoms with Crippen LogP contribution in [0, 0.1) is 5.92 Å². The molecule has 3 atom stereocenters. The number of methoxy groups -OCH3 is 1. The zero-order chi connectivity index (χ0) is 17.1. The first-order valence-electron chi connectivity index (χ1n) is 8.37. The van der Waals surface area contributed by atoms with E-state index in [0.717, 1.165) is 25.7 Å². The molecule has 0 bridgehead atoms. The minimum absolute atomic E-state index is 0.100. The topological polar surface area (TPSA) is 55.8 Å². The molecule has 130 valence electrons. The van der Waals surface area contributed by atoms with Crippen molar-refractivity contribution in [2.45, 2.75) is 44.2 Å². The average molecular weight is 352 g/mol. The van der Waals surface area contributed by atoms with Gasteiger partial charge in [0.2, 0.25) is 0 Å². The molecule has 0 N–H and O–H groups in total. The number of esters is 1. The number of hydrogen-bond donors (Lipinski definition) is 0. The Balaban J connectivity index is 1.71. The highest BCUT2D eigenvalue weighted by Gasteiger charge is 2.47. The third-order valence-corrected chi connectivity index (χ3v) is 5.24. The fraction of sp³-hybridized carbons (Fsp3) is 0.556. The van der Waals surface area contributed by atoms with Gasteiger partial charge in [0.05, 0.1) is 7.11 Å². The van der Waals surface area contributed by atoms with Crippen molar-refractivity contribution in [3.63, 3.8) is 0 Å². The highest BCUT2D eigenvalue weighted by Crippen LogP contribution is 2.40. The van der Waals surface area contributed by atoms with Crippen LogP contribution < -0.4 is 4.74 Å². The summed E-state index contributed by atoms with van der Waals surface area (Å²) in [5.74, 6) is 0.433. The minimum Gasteiger partial charge on any atom is -0.484 e. The summed E-state index contributed by atoms with van der Waals surface area (Å²) in [7, 11) is 1.37. The molecule has 0 spiro atoms. The lowest BCUT2D eigenvalue weighted by Crippen LogP contribution is -2.48. The van der Waals surface area contributed by atoms with Crippen LogP contribution in [0.15, 0.2) is 24.3 Å². The first-order valence-corrected chi connectivity index (χ1v) is 8.75. The van der Waals surface area contributed by atoms with Crippen molar-refractivity contribution in [1.29, 1.82) is 0 Å². The van der Waals surface area contributed by atoms with Crippen LogP contribution in [0.2, 0.25) is 5.02 Å². The molecule has 24 heavy (non-hydrogen) atoms. The molecule has 2 aliphatic rings. The lowest BCUT2D eigenvalue weighted by atomic mass is 9.85. The van der Waals surface area contributed by atoms with Gasteiger partial charge in [-0.1, -0.05) is 30.5 Å². The number of benzene rings is 1. The summed E-state index contributed by atoms with van der Waals surface area (Å²) in [6, 6.07) is 6.57. The molecule has 3 rings (SSSR count). The average Bonchev–Trinajstić information content (AvgIpc) is 2.98. The number of amides is 1. The summed E-state index contributed by atoms with van der Waals surface area (Å²) in [5.41, 5.74) is 0. The quantitative estimate of drug-likeness (QED) is 0.782. The molecule has 1 saturated heterocycles. The van der Waals surface area contributed by atoms with E-state index in [1.54, 1.807) is 29.2 Å². The fourth-order valence-corrected chi connectivity index (χ4v) is 4.12. The molecule has 1 saturated carbocycles.